The number of ether oxygens (including phenoxy) is 2. The third kappa shape index (κ3) is 6.15. The Kier molecular flexibility index (Phi) is 10.2. The van der Waals surface area contributed by atoms with Gasteiger partial charge in [0.1, 0.15) is 5.75 Å². The molecule has 0 spiro atoms. The van der Waals surface area contributed by atoms with Gasteiger partial charge in [0.2, 0.25) is 0 Å². The first-order valence-electron chi connectivity index (χ1n) is 22.2. The van der Waals surface area contributed by atoms with Crippen molar-refractivity contribution in [2.45, 2.75) is 149 Å². The summed E-state index contributed by atoms with van der Waals surface area (Å²) in [5.74, 6) is 1.46. The number of allylic oxidation sites excluding steroid dienone is 2. The van der Waals surface area contributed by atoms with Crippen LogP contribution in [0.1, 0.15) is 152 Å². The molecule has 6 fully saturated rings. The molecule has 8 aliphatic rings. The highest BCUT2D eigenvalue weighted by atomic mass is 16.6. The van der Waals surface area contributed by atoms with Gasteiger partial charge in [0.05, 0.1) is 30.8 Å². The number of carbonyl (C=O) groups is 3. The van der Waals surface area contributed by atoms with Crippen molar-refractivity contribution in [1.82, 2.24) is 4.90 Å². The minimum Gasteiger partial charge on any atom is -0.497 e. The number of aliphatic hydroxyl groups is 2. The highest BCUT2D eigenvalue weighted by Crippen LogP contribution is 2.67. The fraction of sp³-hybridized carbons (Fsp3) is 0.660. The lowest BCUT2D eigenvalue weighted by molar-refractivity contribution is -0.181. The summed E-state index contributed by atoms with van der Waals surface area (Å²) < 4.78 is 11.7. The summed E-state index contributed by atoms with van der Waals surface area (Å²) in [5.41, 5.74) is -0.352. The van der Waals surface area contributed by atoms with Gasteiger partial charge in [-0.25, -0.2) is 0 Å². The van der Waals surface area contributed by atoms with Crippen molar-refractivity contribution >= 4 is 17.7 Å². The Hall–Kier alpha value is -3.49. The summed E-state index contributed by atoms with van der Waals surface area (Å²) in [7, 11) is 1.61. The lowest BCUT2D eigenvalue weighted by Crippen LogP contribution is -2.62. The van der Waals surface area contributed by atoms with E-state index < -0.39 is 33.6 Å². The minimum absolute atomic E-state index is 0.0983. The Balaban J connectivity index is 1.21. The molecule has 6 bridgehead atoms. The van der Waals surface area contributed by atoms with Crippen LogP contribution in [-0.2, 0) is 20.7 Å². The predicted octanol–water partition coefficient (Wildman–Crippen LogP) is 8.99. The number of rotatable bonds is 8. The van der Waals surface area contributed by atoms with Gasteiger partial charge in [-0.2, -0.15) is 0 Å². The van der Waals surface area contributed by atoms with E-state index in [1.165, 1.54) is 12.0 Å². The van der Waals surface area contributed by atoms with Crippen LogP contribution >= 0.6 is 0 Å². The van der Waals surface area contributed by atoms with E-state index in [0.717, 1.165) is 36.8 Å². The molecule has 2 aromatic rings. The van der Waals surface area contributed by atoms with E-state index in [-0.39, 0.29) is 35.5 Å². The fourth-order valence-corrected chi connectivity index (χ4v) is 13.1. The molecule has 8 heteroatoms. The van der Waals surface area contributed by atoms with Crippen LogP contribution < -0.4 is 4.74 Å². The molecular weight excluding hydrogens is 727 g/mol. The molecule has 5 saturated carbocycles. The first-order valence-corrected chi connectivity index (χ1v) is 22.2. The van der Waals surface area contributed by atoms with Crippen molar-refractivity contribution < 1.29 is 34.1 Å². The molecule has 0 aromatic heterocycles. The standard InChI is InChI=1S/C50H67NO7/c1-31-10-9-22-47(6)40(38-20-12-32(26-36(52)17-11-31)27-39(38)42(53)33-14-18-37(57-8)19-15-33)21-23-49(47,56)30-51(29-34-13-16-35-28-41(34)45(35,2)3)43(54)50-25-24-48(7,44(55)58-50)46(50,4)5/h10,12,14-15,18-20,27,34-36,40-41,52,56H,9,11,13,16-17,21-26,28-30H2,1-8H3. The molecule has 9 unspecified atom stereocenters. The topological polar surface area (TPSA) is 113 Å². The maximum Gasteiger partial charge on any atom is 0.313 e. The highest BCUT2D eigenvalue weighted by Gasteiger charge is 2.76. The normalized spacial score (nSPS) is 37.2. The molecule has 2 N–H and O–H groups in total. The largest absolute Gasteiger partial charge is 0.497 e. The molecule has 1 heterocycles. The number of esters is 1. The van der Waals surface area contributed by atoms with E-state index in [9.17, 15) is 19.8 Å². The summed E-state index contributed by atoms with van der Waals surface area (Å²) in [4.78, 5) is 45.6. The van der Waals surface area contributed by atoms with Gasteiger partial charge in [-0.15, -0.1) is 0 Å². The number of hydrogen-bond acceptors (Lipinski definition) is 7. The molecule has 1 amide bonds. The van der Waals surface area contributed by atoms with Crippen LogP contribution in [0.15, 0.2) is 54.1 Å². The zero-order valence-electron chi connectivity index (χ0n) is 36.3. The van der Waals surface area contributed by atoms with Crippen molar-refractivity contribution in [1.29, 1.82) is 0 Å². The number of fused-ring (bicyclic) bond motifs is 12. The van der Waals surface area contributed by atoms with E-state index in [0.29, 0.717) is 86.1 Å². The van der Waals surface area contributed by atoms with Gasteiger partial charge in [-0.05, 0) is 161 Å². The first kappa shape index (κ1) is 41.3. The molecule has 8 nitrogen and oxygen atoms in total. The average molecular weight is 794 g/mol. The SMILES string of the molecule is COc1ccc(C(=O)c2cc3ccc2C2CCC(O)(CN(CC4CCC5CC4C5(C)C)C(=O)C45CCC(C)(C(=O)O4)C5(C)C)C2(C)CCC=C(C)CCC(O)C3)cc1. The number of aliphatic hydroxyl groups excluding tert-OH is 1. The summed E-state index contributed by atoms with van der Waals surface area (Å²) in [6.07, 6.45) is 10.5. The van der Waals surface area contributed by atoms with Crippen LogP contribution in [0.5, 0.6) is 5.75 Å². The quantitative estimate of drug-likeness (QED) is 0.156. The molecular formula is C50H67NO7. The average Bonchev–Trinajstić information content (AvgIpc) is 3.63. The van der Waals surface area contributed by atoms with Gasteiger partial charge < -0.3 is 24.6 Å². The number of carbonyl (C=O) groups excluding carboxylic acids is 3. The smallest absolute Gasteiger partial charge is 0.313 e. The van der Waals surface area contributed by atoms with Gasteiger partial charge in [0, 0.05) is 28.5 Å². The van der Waals surface area contributed by atoms with E-state index in [2.05, 4.69) is 45.9 Å². The van der Waals surface area contributed by atoms with Crippen molar-refractivity contribution in [3.63, 3.8) is 0 Å². The van der Waals surface area contributed by atoms with E-state index in [4.69, 9.17) is 9.47 Å². The third-order valence-corrected chi connectivity index (χ3v) is 17.9. The zero-order valence-corrected chi connectivity index (χ0v) is 36.3. The Morgan fingerprint density at radius 1 is 0.931 bits per heavy atom. The highest BCUT2D eigenvalue weighted by molar-refractivity contribution is 6.10. The summed E-state index contributed by atoms with van der Waals surface area (Å²) >= 11 is 0. The second-order valence-corrected chi connectivity index (χ2v) is 21.1. The number of hydrogen-bond donors (Lipinski definition) is 2. The monoisotopic (exact) mass is 793 g/mol. The van der Waals surface area contributed by atoms with Crippen LogP contribution in [-0.4, -0.2) is 70.3 Å². The number of methoxy groups -OCH3 is 1. The number of amides is 1. The Morgan fingerprint density at radius 2 is 1.67 bits per heavy atom. The molecule has 0 radical (unpaired) electrons. The molecule has 1 aliphatic heterocycles. The summed E-state index contributed by atoms with van der Waals surface area (Å²) in [6.45, 7) is 15.8. The van der Waals surface area contributed by atoms with E-state index >= 15 is 4.79 Å². The molecule has 10 rings (SSSR count). The van der Waals surface area contributed by atoms with Gasteiger partial charge in [0.15, 0.2) is 11.4 Å². The number of benzene rings is 2. The van der Waals surface area contributed by atoms with Gasteiger partial charge in [-0.3, -0.25) is 14.4 Å². The summed E-state index contributed by atoms with van der Waals surface area (Å²) in [6, 6.07) is 13.3. The van der Waals surface area contributed by atoms with Gasteiger partial charge in [0.25, 0.3) is 5.91 Å². The third-order valence-electron chi connectivity index (χ3n) is 17.9. The number of nitrogens with zero attached hydrogens (tertiary/aromatic N) is 1. The second kappa shape index (κ2) is 14.3. The lowest BCUT2D eigenvalue weighted by atomic mass is 9.45. The van der Waals surface area contributed by atoms with Crippen molar-refractivity contribution in [2.24, 2.45) is 39.4 Å². The van der Waals surface area contributed by atoms with Crippen LogP contribution in [0.3, 0.4) is 0 Å². The molecule has 7 aliphatic carbocycles. The van der Waals surface area contributed by atoms with Crippen molar-refractivity contribution in [3.05, 3.63) is 76.4 Å². The van der Waals surface area contributed by atoms with Crippen LogP contribution in [0, 0.1) is 39.4 Å². The maximum absolute atomic E-state index is 15.5. The molecule has 314 valence electrons. The van der Waals surface area contributed by atoms with Crippen LogP contribution in [0.25, 0.3) is 0 Å². The Bertz CT molecular complexity index is 2000. The van der Waals surface area contributed by atoms with Crippen LogP contribution in [0.2, 0.25) is 0 Å². The Labute approximate surface area is 346 Å². The van der Waals surface area contributed by atoms with Crippen molar-refractivity contribution in [3.8, 4) is 5.75 Å². The van der Waals surface area contributed by atoms with Crippen molar-refractivity contribution in [2.75, 3.05) is 20.2 Å². The second-order valence-electron chi connectivity index (χ2n) is 21.1. The lowest BCUT2D eigenvalue weighted by Gasteiger charge is -2.61. The van der Waals surface area contributed by atoms with E-state index in [1.807, 2.05) is 31.7 Å². The fourth-order valence-electron chi connectivity index (χ4n) is 13.1. The zero-order chi connectivity index (χ0) is 41.6. The molecule has 2 aromatic carbocycles. The Morgan fingerprint density at radius 3 is 2.31 bits per heavy atom. The molecule has 58 heavy (non-hydrogen) atoms. The maximum atomic E-state index is 15.5. The molecule has 1 saturated heterocycles. The first-order chi connectivity index (χ1) is 27.3. The van der Waals surface area contributed by atoms with E-state index in [1.54, 1.807) is 31.4 Å². The van der Waals surface area contributed by atoms with Gasteiger partial charge in [-0.1, -0.05) is 58.4 Å². The minimum atomic E-state index is -1.29. The molecule has 9 atom stereocenters. The van der Waals surface area contributed by atoms with Crippen LogP contribution in [0.4, 0.5) is 0 Å². The predicted molar refractivity (Wildman–Crippen MR) is 224 cm³/mol. The number of ketones is 1. The summed E-state index contributed by atoms with van der Waals surface area (Å²) in [5, 5.41) is 24.6. The van der Waals surface area contributed by atoms with Gasteiger partial charge >= 0.3 is 5.97 Å².